The molecule has 0 saturated carbocycles. The van der Waals surface area contributed by atoms with E-state index in [1.165, 1.54) is 34.6 Å². The van der Waals surface area contributed by atoms with Gasteiger partial charge in [0.05, 0.1) is 22.9 Å². The van der Waals surface area contributed by atoms with Crippen LogP contribution in [0.15, 0.2) is 42.5 Å². The molecule has 1 aliphatic heterocycles. The van der Waals surface area contributed by atoms with Crippen molar-refractivity contribution in [1.29, 1.82) is 0 Å². The van der Waals surface area contributed by atoms with E-state index in [1.54, 1.807) is 19.1 Å². The Morgan fingerprint density at radius 3 is 2.53 bits per heavy atom. The lowest BCUT2D eigenvalue weighted by Gasteiger charge is -2.30. The summed E-state index contributed by atoms with van der Waals surface area (Å²) in [6, 6.07) is 10.3. The number of sulfonamides is 1. The first-order chi connectivity index (χ1) is 15.2. The van der Waals surface area contributed by atoms with E-state index in [0.717, 1.165) is 0 Å². The van der Waals surface area contributed by atoms with Crippen LogP contribution in [0.2, 0.25) is 5.02 Å². The van der Waals surface area contributed by atoms with Gasteiger partial charge < -0.3 is 10.1 Å². The fraction of sp³-hybridized carbons (Fsp3) is 0.364. The van der Waals surface area contributed by atoms with Gasteiger partial charge in [-0.3, -0.25) is 4.79 Å². The first kappa shape index (κ1) is 24.2. The number of hydrogen-bond acceptors (Lipinski definition) is 5. The number of rotatable bonds is 7. The molecule has 0 atom stereocenters. The van der Waals surface area contributed by atoms with Gasteiger partial charge in [-0.2, -0.15) is 0 Å². The van der Waals surface area contributed by atoms with Crippen LogP contribution in [0.3, 0.4) is 0 Å². The number of nitrogens with one attached hydrogen (secondary N) is 1. The van der Waals surface area contributed by atoms with Crippen LogP contribution in [0.1, 0.15) is 35.7 Å². The number of ether oxygens (including phenoxy) is 1. The van der Waals surface area contributed by atoms with Crippen molar-refractivity contribution in [3.63, 3.8) is 0 Å². The SMILES string of the molecule is CCOC(=O)c1cc(NC(=O)C2CCN(S(=O)(=O)Cc3ccccc3F)CC2)ccc1Cl. The molecule has 0 unspecified atom stereocenters. The van der Waals surface area contributed by atoms with E-state index in [4.69, 9.17) is 16.3 Å². The molecule has 1 aliphatic rings. The lowest BCUT2D eigenvalue weighted by atomic mass is 9.97. The highest BCUT2D eigenvalue weighted by molar-refractivity contribution is 7.88. The second-order valence-corrected chi connectivity index (χ2v) is 9.80. The summed E-state index contributed by atoms with van der Waals surface area (Å²) >= 11 is 6.04. The average Bonchev–Trinajstić information content (AvgIpc) is 2.77. The maximum atomic E-state index is 13.8. The van der Waals surface area contributed by atoms with Crippen LogP contribution in [-0.2, 0) is 25.3 Å². The molecule has 0 aromatic heterocycles. The molecule has 1 amide bonds. The summed E-state index contributed by atoms with van der Waals surface area (Å²) in [4.78, 5) is 24.7. The molecular weight excluding hydrogens is 459 g/mol. The number of anilines is 1. The van der Waals surface area contributed by atoms with Gasteiger partial charge in [0.15, 0.2) is 0 Å². The number of piperidine rings is 1. The minimum atomic E-state index is -3.70. The molecule has 0 bridgehead atoms. The zero-order chi connectivity index (χ0) is 23.3. The lowest BCUT2D eigenvalue weighted by molar-refractivity contribution is -0.120. The molecule has 2 aromatic carbocycles. The maximum absolute atomic E-state index is 13.8. The van der Waals surface area contributed by atoms with E-state index in [-0.39, 0.29) is 41.8 Å². The van der Waals surface area contributed by atoms with Crippen LogP contribution in [0.25, 0.3) is 0 Å². The molecule has 0 aliphatic carbocycles. The van der Waals surface area contributed by atoms with Gasteiger partial charge in [0.25, 0.3) is 0 Å². The minimum Gasteiger partial charge on any atom is -0.462 e. The molecule has 32 heavy (non-hydrogen) atoms. The Morgan fingerprint density at radius 2 is 1.88 bits per heavy atom. The van der Waals surface area contributed by atoms with Gasteiger partial charge in [0, 0.05) is 30.3 Å². The summed E-state index contributed by atoms with van der Waals surface area (Å²) in [5.74, 6) is -2.22. The number of nitrogens with zero attached hydrogens (tertiary/aromatic N) is 1. The zero-order valence-corrected chi connectivity index (χ0v) is 19.1. The molecule has 172 valence electrons. The molecule has 0 spiro atoms. The van der Waals surface area contributed by atoms with E-state index < -0.39 is 33.5 Å². The quantitative estimate of drug-likeness (QED) is 0.605. The fourth-order valence-corrected chi connectivity index (χ4v) is 5.28. The van der Waals surface area contributed by atoms with Crippen molar-refractivity contribution in [2.45, 2.75) is 25.5 Å². The molecule has 1 heterocycles. The molecule has 3 rings (SSSR count). The van der Waals surface area contributed by atoms with Gasteiger partial charge in [0.1, 0.15) is 5.82 Å². The summed E-state index contributed by atoms with van der Waals surface area (Å²) in [5, 5.41) is 2.97. The van der Waals surface area contributed by atoms with Crippen molar-refractivity contribution >= 4 is 39.2 Å². The van der Waals surface area contributed by atoms with Crippen molar-refractivity contribution in [3.8, 4) is 0 Å². The number of carbonyl (C=O) groups excluding carboxylic acids is 2. The summed E-state index contributed by atoms with van der Waals surface area (Å²) in [6.45, 7) is 2.22. The summed E-state index contributed by atoms with van der Waals surface area (Å²) < 4.78 is 45.4. The van der Waals surface area contributed by atoms with Crippen LogP contribution in [0.4, 0.5) is 10.1 Å². The highest BCUT2D eigenvalue weighted by Gasteiger charge is 2.31. The first-order valence-electron chi connectivity index (χ1n) is 10.2. The topological polar surface area (TPSA) is 92.8 Å². The number of benzene rings is 2. The lowest BCUT2D eigenvalue weighted by Crippen LogP contribution is -2.42. The smallest absolute Gasteiger partial charge is 0.339 e. The van der Waals surface area contributed by atoms with E-state index in [9.17, 15) is 22.4 Å². The average molecular weight is 483 g/mol. The Labute approximate surface area is 191 Å². The van der Waals surface area contributed by atoms with Crippen LogP contribution >= 0.6 is 11.6 Å². The molecule has 1 fully saturated rings. The maximum Gasteiger partial charge on any atom is 0.339 e. The van der Waals surface area contributed by atoms with Crippen LogP contribution < -0.4 is 5.32 Å². The summed E-state index contributed by atoms with van der Waals surface area (Å²) in [5.41, 5.74) is 0.671. The van der Waals surface area contributed by atoms with Gasteiger partial charge in [-0.15, -0.1) is 0 Å². The number of esters is 1. The fourth-order valence-electron chi connectivity index (χ4n) is 3.51. The van der Waals surface area contributed by atoms with Crippen molar-refractivity contribution < 1.29 is 27.1 Å². The van der Waals surface area contributed by atoms with E-state index >= 15 is 0 Å². The molecule has 1 saturated heterocycles. The third kappa shape index (κ3) is 5.85. The second kappa shape index (κ2) is 10.4. The Kier molecular flexibility index (Phi) is 7.86. The van der Waals surface area contributed by atoms with E-state index in [2.05, 4.69) is 5.32 Å². The monoisotopic (exact) mass is 482 g/mol. The number of hydrogen-bond donors (Lipinski definition) is 1. The van der Waals surface area contributed by atoms with Crippen molar-refractivity contribution in [1.82, 2.24) is 4.31 Å². The summed E-state index contributed by atoms with van der Waals surface area (Å²) in [7, 11) is -3.70. The molecular formula is C22H24ClFN2O5S. The molecule has 0 radical (unpaired) electrons. The Hall–Kier alpha value is -2.49. The molecule has 7 nitrogen and oxygen atoms in total. The zero-order valence-electron chi connectivity index (χ0n) is 17.5. The standard InChI is InChI=1S/C22H24ClFN2O5S/c1-2-31-22(28)18-13-17(7-8-19(18)23)25-21(27)15-9-11-26(12-10-15)32(29,30)14-16-5-3-4-6-20(16)24/h3-8,13,15H,2,9-12,14H2,1H3,(H,25,27). The molecule has 1 N–H and O–H groups in total. The summed E-state index contributed by atoms with van der Waals surface area (Å²) in [6.07, 6.45) is 0.668. The van der Waals surface area contributed by atoms with Gasteiger partial charge >= 0.3 is 5.97 Å². The number of amides is 1. The van der Waals surface area contributed by atoms with Gasteiger partial charge in [-0.05, 0) is 44.0 Å². The number of carbonyl (C=O) groups is 2. The van der Waals surface area contributed by atoms with Crippen LogP contribution in [0.5, 0.6) is 0 Å². The Bertz CT molecular complexity index is 1100. The van der Waals surface area contributed by atoms with Crippen molar-refractivity contribution in [2.75, 3.05) is 25.0 Å². The highest BCUT2D eigenvalue weighted by atomic mass is 35.5. The van der Waals surface area contributed by atoms with E-state index in [0.29, 0.717) is 18.5 Å². The van der Waals surface area contributed by atoms with Crippen molar-refractivity contribution in [2.24, 2.45) is 5.92 Å². The highest BCUT2D eigenvalue weighted by Crippen LogP contribution is 2.25. The normalized spacial score (nSPS) is 15.3. The number of halogens is 2. The molecule has 2 aromatic rings. The predicted molar refractivity (Wildman–Crippen MR) is 119 cm³/mol. The third-order valence-electron chi connectivity index (χ3n) is 5.24. The largest absolute Gasteiger partial charge is 0.462 e. The van der Waals surface area contributed by atoms with E-state index in [1.807, 2.05) is 0 Å². The first-order valence-corrected chi connectivity index (χ1v) is 12.2. The third-order valence-corrected chi connectivity index (χ3v) is 7.40. The van der Waals surface area contributed by atoms with Crippen LogP contribution in [-0.4, -0.2) is 44.3 Å². The predicted octanol–water partition coefficient (Wildman–Crippen LogP) is 3.84. The van der Waals surface area contributed by atoms with Crippen molar-refractivity contribution in [3.05, 3.63) is 64.4 Å². The Morgan fingerprint density at radius 1 is 1.19 bits per heavy atom. The van der Waals surface area contributed by atoms with Gasteiger partial charge in [-0.25, -0.2) is 21.9 Å². The van der Waals surface area contributed by atoms with Crippen LogP contribution in [0, 0.1) is 11.7 Å². The van der Waals surface area contributed by atoms with Gasteiger partial charge in [-0.1, -0.05) is 29.8 Å². The Balaban J connectivity index is 1.59. The second-order valence-electron chi connectivity index (χ2n) is 7.43. The van der Waals surface area contributed by atoms with Gasteiger partial charge in [0.2, 0.25) is 15.9 Å². The molecule has 10 heteroatoms. The minimum absolute atomic E-state index is 0.118.